The third-order valence-corrected chi connectivity index (χ3v) is 2.61. The van der Waals surface area contributed by atoms with Gasteiger partial charge in [-0.25, -0.2) is 0 Å². The van der Waals surface area contributed by atoms with Gasteiger partial charge in [-0.15, -0.1) is 0 Å². The molecular formula is C10H24N2O. The van der Waals surface area contributed by atoms with Crippen LogP contribution in [0.3, 0.4) is 0 Å². The van der Waals surface area contributed by atoms with Crippen LogP contribution in [0.2, 0.25) is 0 Å². The van der Waals surface area contributed by atoms with Crippen LogP contribution in [0.1, 0.15) is 21.7 Å². The Balaban J connectivity index is 0.00000169. The molecule has 0 bridgehead atoms. The molecule has 1 rings (SSSR count). The van der Waals surface area contributed by atoms with E-state index < -0.39 is 0 Å². The van der Waals surface area contributed by atoms with Crippen molar-refractivity contribution in [2.45, 2.75) is 38.5 Å². The minimum absolute atomic E-state index is 0. The number of nitrogens with one attached hydrogen (secondary N) is 1. The highest BCUT2D eigenvalue weighted by atomic mass is 16.5. The van der Waals surface area contributed by atoms with E-state index in [-0.39, 0.29) is 1.43 Å². The van der Waals surface area contributed by atoms with Gasteiger partial charge in [0.05, 0.1) is 6.10 Å². The molecule has 0 aromatic carbocycles. The van der Waals surface area contributed by atoms with Crippen LogP contribution in [0.4, 0.5) is 0 Å². The van der Waals surface area contributed by atoms with Gasteiger partial charge in [-0.05, 0) is 20.0 Å². The predicted molar refractivity (Wildman–Crippen MR) is 57.1 cm³/mol. The van der Waals surface area contributed by atoms with Gasteiger partial charge >= 0.3 is 0 Å². The maximum absolute atomic E-state index is 5.47. The quantitative estimate of drug-likeness (QED) is 0.713. The first-order valence-electron chi connectivity index (χ1n) is 5.11. The lowest BCUT2D eigenvalue weighted by Crippen LogP contribution is -2.53. The molecule has 1 aliphatic heterocycles. The topological polar surface area (TPSA) is 24.5 Å². The first-order valence-corrected chi connectivity index (χ1v) is 5.11. The summed E-state index contributed by atoms with van der Waals surface area (Å²) in [6, 6.07) is 1.08. The standard InChI is InChI=1S/C10H22N2O.H2/c1-8(2)11-9-5-6-12(3)7-10(9)13-4;/h8-11H,5-7H2,1-4H3;1H. The van der Waals surface area contributed by atoms with E-state index in [4.69, 9.17) is 4.74 Å². The molecule has 0 amide bonds. The molecule has 80 valence electrons. The summed E-state index contributed by atoms with van der Waals surface area (Å²) >= 11 is 0. The lowest BCUT2D eigenvalue weighted by atomic mass is 10.0. The van der Waals surface area contributed by atoms with Gasteiger partial charge in [0.15, 0.2) is 0 Å². The summed E-state index contributed by atoms with van der Waals surface area (Å²) in [7, 11) is 3.95. The van der Waals surface area contributed by atoms with Crippen LogP contribution in [0, 0.1) is 0 Å². The van der Waals surface area contributed by atoms with Crippen molar-refractivity contribution in [3.63, 3.8) is 0 Å². The molecule has 3 heteroatoms. The van der Waals surface area contributed by atoms with Crippen molar-refractivity contribution in [3.8, 4) is 0 Å². The second-order valence-electron chi connectivity index (χ2n) is 4.25. The van der Waals surface area contributed by atoms with E-state index >= 15 is 0 Å². The maximum atomic E-state index is 5.47. The highest BCUT2D eigenvalue weighted by molar-refractivity contribution is 4.85. The maximum Gasteiger partial charge on any atom is 0.0851 e. The zero-order valence-corrected chi connectivity index (χ0v) is 9.21. The number of hydrogen-bond acceptors (Lipinski definition) is 3. The van der Waals surface area contributed by atoms with Crippen molar-refractivity contribution in [1.82, 2.24) is 10.2 Å². The Hall–Kier alpha value is -0.120. The number of likely N-dealkylation sites (N-methyl/N-ethyl adjacent to an activating group) is 1. The Labute approximate surface area is 82.9 Å². The van der Waals surface area contributed by atoms with Crippen LogP contribution in [0.15, 0.2) is 0 Å². The first kappa shape index (κ1) is 11.0. The fraction of sp³-hybridized carbons (Fsp3) is 1.00. The minimum atomic E-state index is 0. The van der Waals surface area contributed by atoms with E-state index in [1.165, 1.54) is 13.0 Å². The van der Waals surface area contributed by atoms with Gasteiger partial charge in [0.2, 0.25) is 0 Å². The number of likely N-dealkylation sites (tertiary alicyclic amines) is 1. The van der Waals surface area contributed by atoms with Crippen molar-refractivity contribution >= 4 is 0 Å². The van der Waals surface area contributed by atoms with Gasteiger partial charge in [0.25, 0.3) is 0 Å². The lowest BCUT2D eigenvalue weighted by molar-refractivity contribution is 0.0118. The number of rotatable bonds is 3. The van der Waals surface area contributed by atoms with Crippen LogP contribution in [-0.4, -0.2) is 50.3 Å². The molecule has 1 heterocycles. The second-order valence-corrected chi connectivity index (χ2v) is 4.25. The molecule has 1 N–H and O–H groups in total. The molecule has 0 aromatic rings. The molecule has 0 aliphatic carbocycles. The van der Waals surface area contributed by atoms with E-state index in [9.17, 15) is 0 Å². The molecule has 2 unspecified atom stereocenters. The van der Waals surface area contributed by atoms with Gasteiger partial charge in [-0.3, -0.25) is 0 Å². The van der Waals surface area contributed by atoms with Crippen LogP contribution in [-0.2, 0) is 4.74 Å². The summed E-state index contributed by atoms with van der Waals surface area (Å²) < 4.78 is 5.47. The molecule has 1 fully saturated rings. The second kappa shape index (κ2) is 4.94. The lowest BCUT2D eigenvalue weighted by Gasteiger charge is -2.37. The number of nitrogens with zero attached hydrogens (tertiary/aromatic N) is 1. The number of ether oxygens (including phenoxy) is 1. The minimum Gasteiger partial charge on any atom is -0.378 e. The van der Waals surface area contributed by atoms with E-state index in [0.717, 1.165) is 6.54 Å². The SMILES string of the molecule is COC1CN(C)CCC1NC(C)C.[HH]. The van der Waals surface area contributed by atoms with Crippen molar-refractivity contribution < 1.29 is 6.16 Å². The van der Waals surface area contributed by atoms with E-state index in [2.05, 4.69) is 31.1 Å². The molecule has 2 atom stereocenters. The van der Waals surface area contributed by atoms with Crippen molar-refractivity contribution in [2.24, 2.45) is 0 Å². The van der Waals surface area contributed by atoms with Gasteiger partial charge in [-0.1, -0.05) is 13.8 Å². The van der Waals surface area contributed by atoms with Crippen molar-refractivity contribution in [2.75, 3.05) is 27.2 Å². The van der Waals surface area contributed by atoms with E-state index in [1.807, 2.05) is 0 Å². The molecule has 13 heavy (non-hydrogen) atoms. The molecule has 3 nitrogen and oxygen atoms in total. The summed E-state index contributed by atoms with van der Waals surface area (Å²) in [6.07, 6.45) is 1.54. The zero-order valence-electron chi connectivity index (χ0n) is 9.21. The first-order chi connectivity index (χ1) is 6.13. The monoisotopic (exact) mass is 188 g/mol. The van der Waals surface area contributed by atoms with Crippen LogP contribution in [0.5, 0.6) is 0 Å². The third-order valence-electron chi connectivity index (χ3n) is 2.61. The normalized spacial score (nSPS) is 31.2. The van der Waals surface area contributed by atoms with Crippen molar-refractivity contribution in [1.29, 1.82) is 0 Å². The summed E-state index contributed by atoms with van der Waals surface area (Å²) in [5.74, 6) is 0. The fourth-order valence-electron chi connectivity index (χ4n) is 1.93. The van der Waals surface area contributed by atoms with Gasteiger partial charge < -0.3 is 15.0 Å². The summed E-state index contributed by atoms with van der Waals surface area (Å²) in [5.41, 5.74) is 0. The molecular weight excluding hydrogens is 164 g/mol. The Kier molecular flexibility index (Phi) is 4.16. The molecule has 0 aromatic heterocycles. The Morgan fingerprint density at radius 3 is 2.77 bits per heavy atom. The van der Waals surface area contributed by atoms with Gasteiger partial charge in [-0.2, -0.15) is 0 Å². The number of methoxy groups -OCH3 is 1. The highest BCUT2D eigenvalue weighted by Gasteiger charge is 2.27. The molecule has 0 radical (unpaired) electrons. The van der Waals surface area contributed by atoms with E-state index in [1.54, 1.807) is 7.11 Å². The smallest absolute Gasteiger partial charge is 0.0851 e. The summed E-state index contributed by atoms with van der Waals surface area (Å²) in [4.78, 5) is 2.33. The average Bonchev–Trinajstić information content (AvgIpc) is 2.07. The summed E-state index contributed by atoms with van der Waals surface area (Å²) in [6.45, 7) is 6.58. The highest BCUT2D eigenvalue weighted by Crippen LogP contribution is 2.12. The molecule has 0 spiro atoms. The van der Waals surface area contributed by atoms with Gasteiger partial charge in [0.1, 0.15) is 0 Å². The largest absolute Gasteiger partial charge is 0.378 e. The molecule has 0 saturated carbocycles. The number of hydrogen-bond donors (Lipinski definition) is 1. The third kappa shape index (κ3) is 3.25. The Morgan fingerprint density at radius 1 is 1.54 bits per heavy atom. The van der Waals surface area contributed by atoms with E-state index in [0.29, 0.717) is 18.2 Å². The number of piperidine rings is 1. The zero-order chi connectivity index (χ0) is 9.84. The van der Waals surface area contributed by atoms with Crippen LogP contribution >= 0.6 is 0 Å². The van der Waals surface area contributed by atoms with Crippen LogP contribution in [0.25, 0.3) is 0 Å². The fourth-order valence-corrected chi connectivity index (χ4v) is 1.93. The Bertz CT molecular complexity index is 155. The van der Waals surface area contributed by atoms with Gasteiger partial charge in [0, 0.05) is 27.2 Å². The Morgan fingerprint density at radius 2 is 2.23 bits per heavy atom. The molecule has 1 aliphatic rings. The van der Waals surface area contributed by atoms with Crippen molar-refractivity contribution in [3.05, 3.63) is 0 Å². The predicted octanol–water partition coefficient (Wildman–Crippen LogP) is 0.949. The van der Waals surface area contributed by atoms with Crippen LogP contribution < -0.4 is 5.32 Å². The molecule has 1 saturated heterocycles. The summed E-state index contributed by atoms with van der Waals surface area (Å²) in [5, 5.41) is 3.55. The average molecular weight is 188 g/mol.